The van der Waals surface area contributed by atoms with Gasteiger partial charge in [-0.15, -0.1) is 0 Å². The number of rotatable bonds is 2. The number of aromatic nitrogens is 2. The van der Waals surface area contributed by atoms with E-state index >= 15 is 0 Å². The first-order valence-corrected chi connectivity index (χ1v) is 6.40. The molecule has 0 saturated carbocycles. The molecular formula is C13H19N3O4. The number of likely N-dealkylation sites (tertiary alicyclic amines) is 1. The fraction of sp³-hybridized carbons (Fsp3) is 0.615. The number of esters is 1. The molecule has 1 aliphatic heterocycles. The van der Waals surface area contributed by atoms with Gasteiger partial charge < -0.3 is 14.4 Å². The lowest BCUT2D eigenvalue weighted by atomic mass is 10.1. The fourth-order valence-corrected chi connectivity index (χ4v) is 1.86. The first-order valence-electron chi connectivity index (χ1n) is 6.40. The van der Waals surface area contributed by atoms with E-state index in [1.165, 1.54) is 13.3 Å². The van der Waals surface area contributed by atoms with E-state index in [-0.39, 0.29) is 12.1 Å². The second-order valence-corrected chi connectivity index (χ2v) is 5.74. The van der Waals surface area contributed by atoms with Crippen LogP contribution in [-0.2, 0) is 9.47 Å². The zero-order valence-corrected chi connectivity index (χ0v) is 12.1. The highest BCUT2D eigenvalue weighted by molar-refractivity contribution is 5.88. The highest BCUT2D eigenvalue weighted by Gasteiger charge is 2.35. The van der Waals surface area contributed by atoms with Gasteiger partial charge in [-0.25, -0.2) is 9.59 Å². The molecular weight excluding hydrogens is 262 g/mol. The molecule has 20 heavy (non-hydrogen) atoms. The van der Waals surface area contributed by atoms with Crippen molar-refractivity contribution in [2.75, 3.05) is 20.2 Å². The Hall–Kier alpha value is -2.05. The summed E-state index contributed by atoms with van der Waals surface area (Å²) in [5.41, 5.74) is -0.0884. The molecule has 0 bridgehead atoms. The maximum atomic E-state index is 11.8. The summed E-state index contributed by atoms with van der Waals surface area (Å²) in [5.74, 6) is -0.417. The van der Waals surface area contributed by atoms with E-state index in [9.17, 15) is 9.59 Å². The molecule has 1 amide bonds. The van der Waals surface area contributed by atoms with E-state index < -0.39 is 11.6 Å². The van der Waals surface area contributed by atoms with Crippen LogP contribution in [0.15, 0.2) is 12.4 Å². The third-order valence-electron chi connectivity index (χ3n) is 2.91. The largest absolute Gasteiger partial charge is 0.465 e. The Bertz CT molecular complexity index is 512. The van der Waals surface area contributed by atoms with Gasteiger partial charge in [-0.3, -0.25) is 4.68 Å². The van der Waals surface area contributed by atoms with Crippen molar-refractivity contribution in [2.45, 2.75) is 32.4 Å². The lowest BCUT2D eigenvalue weighted by Crippen LogP contribution is -2.52. The maximum Gasteiger partial charge on any atom is 0.410 e. The Morgan fingerprint density at radius 1 is 1.35 bits per heavy atom. The predicted octanol–water partition coefficient (Wildman–Crippen LogP) is 1.46. The Labute approximate surface area is 117 Å². The van der Waals surface area contributed by atoms with E-state index in [4.69, 9.17) is 4.74 Å². The summed E-state index contributed by atoms with van der Waals surface area (Å²) in [5, 5.41) is 4.11. The van der Waals surface area contributed by atoms with Crippen LogP contribution in [0, 0.1) is 0 Å². The van der Waals surface area contributed by atoms with Crippen molar-refractivity contribution in [2.24, 2.45) is 0 Å². The van der Waals surface area contributed by atoms with Gasteiger partial charge in [-0.1, -0.05) is 0 Å². The third kappa shape index (κ3) is 3.09. The molecule has 2 heterocycles. The molecule has 1 fully saturated rings. The molecule has 1 aromatic rings. The van der Waals surface area contributed by atoms with Gasteiger partial charge in [-0.2, -0.15) is 5.10 Å². The van der Waals surface area contributed by atoms with Gasteiger partial charge in [-0.05, 0) is 20.8 Å². The minimum absolute atomic E-state index is 0.0703. The van der Waals surface area contributed by atoms with Crippen molar-refractivity contribution < 1.29 is 19.1 Å². The van der Waals surface area contributed by atoms with Gasteiger partial charge in [0.05, 0.1) is 24.9 Å². The molecule has 0 N–H and O–H groups in total. The van der Waals surface area contributed by atoms with Gasteiger partial charge >= 0.3 is 12.1 Å². The first kappa shape index (κ1) is 14.4. The molecule has 1 aliphatic rings. The van der Waals surface area contributed by atoms with Crippen LogP contribution in [0.2, 0.25) is 0 Å². The topological polar surface area (TPSA) is 73.7 Å². The number of amides is 1. The molecule has 0 atom stereocenters. The van der Waals surface area contributed by atoms with E-state index in [2.05, 4.69) is 9.84 Å². The van der Waals surface area contributed by atoms with Crippen molar-refractivity contribution in [1.29, 1.82) is 0 Å². The van der Waals surface area contributed by atoms with Crippen LogP contribution in [0.25, 0.3) is 0 Å². The van der Waals surface area contributed by atoms with Crippen molar-refractivity contribution >= 4 is 12.1 Å². The number of ether oxygens (including phenoxy) is 2. The number of nitrogens with zero attached hydrogens (tertiary/aromatic N) is 3. The summed E-state index contributed by atoms with van der Waals surface area (Å²) in [7, 11) is 1.33. The van der Waals surface area contributed by atoms with E-state index in [1.807, 2.05) is 20.8 Å². The summed E-state index contributed by atoms with van der Waals surface area (Å²) in [6, 6.07) is 0.0703. The normalized spacial score (nSPS) is 15.7. The van der Waals surface area contributed by atoms with Crippen LogP contribution in [0.1, 0.15) is 37.2 Å². The molecule has 110 valence electrons. The summed E-state index contributed by atoms with van der Waals surface area (Å²) < 4.78 is 11.6. The summed E-state index contributed by atoms with van der Waals surface area (Å²) in [6.07, 6.45) is 2.76. The quantitative estimate of drug-likeness (QED) is 0.767. The van der Waals surface area contributed by atoms with Crippen LogP contribution in [-0.4, -0.2) is 52.5 Å². The Morgan fingerprint density at radius 2 is 2.00 bits per heavy atom. The lowest BCUT2D eigenvalue weighted by molar-refractivity contribution is -0.000441. The van der Waals surface area contributed by atoms with Crippen LogP contribution in [0.4, 0.5) is 4.79 Å². The molecule has 7 heteroatoms. The Morgan fingerprint density at radius 3 is 2.55 bits per heavy atom. The molecule has 2 rings (SSSR count). The second-order valence-electron chi connectivity index (χ2n) is 5.74. The van der Waals surface area contributed by atoms with E-state index in [1.54, 1.807) is 15.8 Å². The smallest absolute Gasteiger partial charge is 0.410 e. The zero-order chi connectivity index (χ0) is 14.9. The molecule has 1 saturated heterocycles. The van der Waals surface area contributed by atoms with E-state index in [0.29, 0.717) is 18.7 Å². The Kier molecular flexibility index (Phi) is 3.69. The average molecular weight is 281 g/mol. The van der Waals surface area contributed by atoms with Crippen LogP contribution >= 0.6 is 0 Å². The van der Waals surface area contributed by atoms with Crippen molar-refractivity contribution in [3.05, 3.63) is 18.0 Å². The van der Waals surface area contributed by atoms with Crippen molar-refractivity contribution in [1.82, 2.24) is 14.7 Å². The van der Waals surface area contributed by atoms with E-state index in [0.717, 1.165) is 0 Å². The Balaban J connectivity index is 1.89. The third-order valence-corrected chi connectivity index (χ3v) is 2.91. The van der Waals surface area contributed by atoms with Gasteiger partial charge in [0.1, 0.15) is 5.60 Å². The SMILES string of the molecule is COC(=O)c1cnn(C2CN(C(=O)OC(C)(C)C)C2)c1. The highest BCUT2D eigenvalue weighted by atomic mass is 16.6. The van der Waals surface area contributed by atoms with Crippen LogP contribution < -0.4 is 0 Å². The van der Waals surface area contributed by atoms with Gasteiger partial charge in [0.2, 0.25) is 0 Å². The lowest BCUT2D eigenvalue weighted by Gasteiger charge is -2.39. The molecule has 0 aromatic carbocycles. The van der Waals surface area contributed by atoms with Gasteiger partial charge in [0.15, 0.2) is 0 Å². The molecule has 7 nitrogen and oxygen atoms in total. The number of hydrogen-bond donors (Lipinski definition) is 0. The average Bonchev–Trinajstić information content (AvgIpc) is 2.72. The van der Waals surface area contributed by atoms with Crippen molar-refractivity contribution in [3.8, 4) is 0 Å². The second kappa shape index (κ2) is 5.15. The fourth-order valence-electron chi connectivity index (χ4n) is 1.86. The first-order chi connectivity index (χ1) is 9.30. The molecule has 0 aliphatic carbocycles. The van der Waals surface area contributed by atoms with Crippen molar-refractivity contribution in [3.63, 3.8) is 0 Å². The summed E-state index contributed by atoms with van der Waals surface area (Å²) >= 11 is 0. The zero-order valence-electron chi connectivity index (χ0n) is 12.1. The highest BCUT2D eigenvalue weighted by Crippen LogP contribution is 2.23. The predicted molar refractivity (Wildman–Crippen MR) is 70.4 cm³/mol. The molecule has 1 aromatic heterocycles. The summed E-state index contributed by atoms with van der Waals surface area (Å²) in [6.45, 7) is 6.54. The number of carbonyl (C=O) groups is 2. The number of methoxy groups -OCH3 is 1. The number of hydrogen-bond acceptors (Lipinski definition) is 5. The van der Waals surface area contributed by atoms with Crippen LogP contribution in [0.3, 0.4) is 0 Å². The number of carbonyl (C=O) groups excluding carboxylic acids is 2. The minimum Gasteiger partial charge on any atom is -0.465 e. The van der Waals surface area contributed by atoms with Gasteiger partial charge in [0.25, 0.3) is 0 Å². The summed E-state index contributed by atoms with van der Waals surface area (Å²) in [4.78, 5) is 24.7. The monoisotopic (exact) mass is 281 g/mol. The molecule has 0 spiro atoms. The van der Waals surface area contributed by atoms with Crippen LogP contribution in [0.5, 0.6) is 0 Å². The van der Waals surface area contributed by atoms with Gasteiger partial charge in [0, 0.05) is 19.3 Å². The molecule has 0 unspecified atom stereocenters. The standard InChI is InChI=1S/C13H19N3O4/c1-13(2,3)20-12(18)15-7-10(8-15)16-6-9(5-14-16)11(17)19-4/h5-6,10H,7-8H2,1-4H3. The minimum atomic E-state index is -0.494. The maximum absolute atomic E-state index is 11.8. The molecule has 0 radical (unpaired) electrons.